The fourth-order valence-corrected chi connectivity index (χ4v) is 6.55. The first-order valence-corrected chi connectivity index (χ1v) is 16.2. The summed E-state index contributed by atoms with van der Waals surface area (Å²) in [5, 5.41) is 39.9. The molecule has 0 aliphatic carbocycles. The maximum absolute atomic E-state index is 13.5. The predicted molar refractivity (Wildman–Crippen MR) is 177 cm³/mol. The monoisotopic (exact) mass is 682 g/mol. The van der Waals surface area contributed by atoms with Gasteiger partial charge in [0.25, 0.3) is 0 Å². The smallest absolute Gasteiger partial charge is 0.162 e. The second-order valence-corrected chi connectivity index (χ2v) is 12.2. The van der Waals surface area contributed by atoms with Crippen LogP contribution in [0, 0.1) is 34.3 Å². The van der Waals surface area contributed by atoms with E-state index in [1.54, 1.807) is 54.6 Å². The molecule has 1 atom stereocenters. The molecule has 6 aromatic rings. The summed E-state index contributed by atoms with van der Waals surface area (Å²) >= 11 is 2.58. The van der Waals surface area contributed by atoms with E-state index < -0.39 is 17.7 Å². The molecule has 6 rings (SSSR count). The number of benzene rings is 2. The Bertz CT molecular complexity index is 2200. The molecule has 242 valence electrons. The average molecular weight is 683 g/mol. The van der Waals surface area contributed by atoms with Gasteiger partial charge in [-0.2, -0.15) is 29.5 Å². The van der Waals surface area contributed by atoms with Crippen molar-refractivity contribution < 1.29 is 18.7 Å². The van der Waals surface area contributed by atoms with Gasteiger partial charge in [-0.1, -0.05) is 0 Å². The summed E-state index contributed by atoms with van der Waals surface area (Å²) in [4.78, 5) is 11.8. The van der Waals surface area contributed by atoms with Gasteiger partial charge < -0.3 is 5.11 Å². The van der Waals surface area contributed by atoms with Gasteiger partial charge in [0.1, 0.15) is 23.8 Å². The van der Waals surface area contributed by atoms with Crippen LogP contribution in [-0.2, 0) is 26.9 Å². The summed E-state index contributed by atoms with van der Waals surface area (Å²) in [6, 6.07) is 16.0. The molecule has 1 N–H and O–H groups in total. The minimum absolute atomic E-state index is 0.212. The highest BCUT2D eigenvalue weighted by Gasteiger charge is 2.19. The highest BCUT2D eigenvalue weighted by molar-refractivity contribution is 7.04. The van der Waals surface area contributed by atoms with Gasteiger partial charge >= 0.3 is 0 Å². The Labute approximate surface area is 283 Å². The Morgan fingerprint density at radius 1 is 0.833 bits per heavy atom. The van der Waals surface area contributed by atoms with E-state index in [4.69, 9.17) is 10.5 Å². The van der Waals surface area contributed by atoms with Gasteiger partial charge in [0.2, 0.25) is 0 Å². The van der Waals surface area contributed by atoms with Crippen LogP contribution in [0.3, 0.4) is 0 Å². The summed E-state index contributed by atoms with van der Waals surface area (Å²) in [6.45, 7) is 3.01. The molecule has 0 aliphatic rings. The molecular weight excluding hydrogens is 655 g/mol. The molecule has 0 spiro atoms. The zero-order valence-electron chi connectivity index (χ0n) is 26.3. The van der Waals surface area contributed by atoms with Crippen molar-refractivity contribution >= 4 is 28.8 Å². The third-order valence-corrected chi connectivity index (χ3v) is 8.90. The molecule has 2 aromatic carbocycles. The van der Waals surface area contributed by atoms with Crippen LogP contribution in [0.25, 0.3) is 22.5 Å². The highest BCUT2D eigenvalue weighted by Crippen LogP contribution is 2.33. The number of halogens is 2. The number of rotatable bonds is 8. The molecule has 4 aromatic heterocycles. The van der Waals surface area contributed by atoms with Gasteiger partial charge in [-0.15, -0.1) is 0 Å². The van der Waals surface area contributed by atoms with Crippen molar-refractivity contribution in [3.05, 3.63) is 116 Å². The molecule has 0 saturated heterocycles. The third kappa shape index (κ3) is 7.42. The van der Waals surface area contributed by atoms with E-state index in [0.29, 0.717) is 52.2 Å². The first-order valence-electron chi connectivity index (χ1n) is 14.5. The number of aliphatic hydroxyl groups is 1. The lowest BCUT2D eigenvalue weighted by Crippen LogP contribution is -2.02. The van der Waals surface area contributed by atoms with Gasteiger partial charge in [-0.25, -0.2) is 8.78 Å². The summed E-state index contributed by atoms with van der Waals surface area (Å²) in [5.74, 6) is -1.06. The Balaban J connectivity index is 0.000000188. The van der Waals surface area contributed by atoms with Crippen LogP contribution >= 0.6 is 23.1 Å². The van der Waals surface area contributed by atoms with Crippen LogP contribution in [0.4, 0.5) is 8.78 Å². The van der Waals surface area contributed by atoms with E-state index in [0.717, 1.165) is 28.2 Å². The van der Waals surface area contributed by atoms with Gasteiger partial charge in [0.15, 0.2) is 17.2 Å². The highest BCUT2D eigenvalue weighted by atomic mass is 32.1. The largest absolute Gasteiger partial charge is 0.389 e. The standard InChI is InChI=1S/C17H15FN4OS.C17H13FN4OS/c2*1-10(23)16-6-12(18)3-4-15(16)17-11(9-24-21-17)5-14-7-13(8-19)20-22(14)2/h3-4,6-7,9-10,23H,5H2,1-2H3;3-4,6-7,9H,5H2,1-2H3. The van der Waals surface area contributed by atoms with E-state index in [-0.39, 0.29) is 5.78 Å². The number of carbonyl (C=O) groups is 1. The van der Waals surface area contributed by atoms with Gasteiger partial charge in [-0.3, -0.25) is 14.2 Å². The van der Waals surface area contributed by atoms with Crippen molar-refractivity contribution in [1.29, 1.82) is 10.5 Å². The molecule has 0 bridgehead atoms. The van der Waals surface area contributed by atoms with E-state index in [9.17, 15) is 18.7 Å². The lowest BCUT2D eigenvalue weighted by Gasteiger charge is -2.12. The molecule has 0 radical (unpaired) electrons. The van der Waals surface area contributed by atoms with Crippen molar-refractivity contribution in [1.82, 2.24) is 28.3 Å². The summed E-state index contributed by atoms with van der Waals surface area (Å²) in [5.41, 5.74) is 7.83. The van der Waals surface area contributed by atoms with Crippen molar-refractivity contribution in [3.63, 3.8) is 0 Å². The van der Waals surface area contributed by atoms with Crippen LogP contribution in [0.5, 0.6) is 0 Å². The maximum Gasteiger partial charge on any atom is 0.162 e. The lowest BCUT2D eigenvalue weighted by molar-refractivity contribution is 0.101. The Kier molecular flexibility index (Phi) is 10.3. The number of nitriles is 2. The first kappa shape index (κ1) is 33.9. The molecule has 0 fully saturated rings. The summed E-state index contributed by atoms with van der Waals surface area (Å²) in [7, 11) is 3.56. The van der Waals surface area contributed by atoms with Gasteiger partial charge in [0.05, 0.1) is 17.5 Å². The van der Waals surface area contributed by atoms with Crippen molar-refractivity contribution in [2.75, 3.05) is 0 Å². The number of carbonyl (C=O) groups excluding carboxylic acids is 1. The minimum Gasteiger partial charge on any atom is -0.389 e. The molecule has 14 heteroatoms. The fraction of sp³-hybridized carbons (Fsp3) is 0.206. The van der Waals surface area contributed by atoms with Crippen molar-refractivity contribution in [3.8, 4) is 34.7 Å². The van der Waals surface area contributed by atoms with E-state index in [1.807, 2.05) is 22.9 Å². The van der Waals surface area contributed by atoms with E-state index in [2.05, 4.69) is 18.9 Å². The number of aliphatic hydroxyl groups excluding tert-OH is 1. The normalized spacial score (nSPS) is 11.4. The minimum atomic E-state index is -0.799. The average Bonchev–Trinajstić information content (AvgIpc) is 3.86. The van der Waals surface area contributed by atoms with Crippen LogP contribution in [0.1, 0.15) is 69.8 Å². The number of ketones is 1. The second kappa shape index (κ2) is 14.6. The number of aryl methyl sites for hydroxylation is 2. The molecule has 48 heavy (non-hydrogen) atoms. The number of hydrogen-bond acceptors (Lipinski definition) is 10. The third-order valence-electron chi connectivity index (χ3n) is 7.55. The van der Waals surface area contributed by atoms with Crippen molar-refractivity contribution in [2.24, 2.45) is 14.1 Å². The van der Waals surface area contributed by atoms with Crippen LogP contribution in [0.2, 0.25) is 0 Å². The maximum atomic E-state index is 13.5. The van der Waals surface area contributed by atoms with Crippen LogP contribution in [-0.4, -0.2) is 39.2 Å². The first-order chi connectivity index (χ1) is 23.0. The number of hydrogen-bond donors (Lipinski definition) is 1. The van der Waals surface area contributed by atoms with Gasteiger partial charge in [-0.05, 0) is 102 Å². The fourth-order valence-electron chi connectivity index (χ4n) is 5.16. The molecule has 0 aliphatic heterocycles. The number of Topliss-reactive ketones (excluding diaryl/α,β-unsaturated/α-hetero) is 1. The molecule has 10 nitrogen and oxygen atoms in total. The zero-order valence-corrected chi connectivity index (χ0v) is 27.9. The number of aromatic nitrogens is 6. The molecular formula is C34H28F2N8O2S2. The van der Waals surface area contributed by atoms with Crippen LogP contribution in [0.15, 0.2) is 59.3 Å². The topological polar surface area (TPSA) is 146 Å². The summed E-state index contributed by atoms with van der Waals surface area (Å²) in [6.07, 6.45) is 0.270. The van der Waals surface area contributed by atoms with Crippen molar-refractivity contribution in [2.45, 2.75) is 32.8 Å². The lowest BCUT2D eigenvalue weighted by atomic mass is 9.97. The zero-order chi connectivity index (χ0) is 34.5. The van der Waals surface area contributed by atoms with Crippen LogP contribution < -0.4 is 0 Å². The predicted octanol–water partition coefficient (Wildman–Crippen LogP) is 6.55. The summed E-state index contributed by atoms with van der Waals surface area (Å²) < 4.78 is 39.1. The Hall–Kier alpha value is -5.41. The van der Waals surface area contributed by atoms with E-state index in [1.165, 1.54) is 54.3 Å². The van der Waals surface area contributed by atoms with Gasteiger partial charge in [0, 0.05) is 65.8 Å². The quantitative estimate of drug-likeness (QED) is 0.178. The number of nitrogens with zero attached hydrogens (tertiary/aromatic N) is 8. The molecule has 0 saturated carbocycles. The second-order valence-electron chi connectivity index (χ2n) is 10.9. The van der Waals surface area contributed by atoms with E-state index >= 15 is 0 Å². The Morgan fingerprint density at radius 2 is 1.31 bits per heavy atom. The SMILES string of the molecule is CC(=O)c1cc(F)ccc1-c1nscc1Cc1cc(C#N)nn1C.CC(O)c1cc(F)ccc1-c1nscc1Cc1cc(C#N)nn1C. The Morgan fingerprint density at radius 3 is 1.77 bits per heavy atom. The molecule has 4 heterocycles. The molecule has 0 amide bonds. The molecule has 1 unspecified atom stereocenters.